The molecule has 0 spiro atoms. The number of hydrogen-bond acceptors (Lipinski definition) is 4. The van der Waals surface area contributed by atoms with Crippen LogP contribution in [-0.4, -0.2) is 30.5 Å². The Balaban J connectivity index is 1.77. The molecule has 1 rings (SSSR count). The van der Waals surface area contributed by atoms with Crippen LogP contribution in [0.4, 0.5) is 9.59 Å². The van der Waals surface area contributed by atoms with E-state index in [1.165, 1.54) is 32.1 Å². The smallest absolute Gasteiger partial charge is 0.314 e. The molecule has 0 saturated carbocycles. The molecule has 1 aliphatic rings. The molecule has 3 amide bonds. The van der Waals surface area contributed by atoms with Crippen LogP contribution in [0.25, 0.3) is 0 Å². The van der Waals surface area contributed by atoms with Crippen LogP contribution in [0.2, 0.25) is 0 Å². The molecule has 156 valence electrons. The molecular formula is C20H38N4O2S. The number of carbonyl (C=O) groups excluding carboxylic acids is 2. The molecule has 27 heavy (non-hydrogen) atoms. The molecule has 1 unspecified atom stereocenters. The van der Waals surface area contributed by atoms with Gasteiger partial charge >= 0.3 is 6.03 Å². The maximum absolute atomic E-state index is 11.5. The van der Waals surface area contributed by atoms with E-state index in [2.05, 4.69) is 39.7 Å². The van der Waals surface area contributed by atoms with Gasteiger partial charge in [0.25, 0.3) is 5.24 Å². The van der Waals surface area contributed by atoms with E-state index in [9.17, 15) is 9.59 Å². The summed E-state index contributed by atoms with van der Waals surface area (Å²) in [5.41, 5.74) is 0. The van der Waals surface area contributed by atoms with Gasteiger partial charge in [0.2, 0.25) is 0 Å². The van der Waals surface area contributed by atoms with Gasteiger partial charge in [-0.3, -0.25) is 4.79 Å². The molecule has 0 bridgehead atoms. The van der Waals surface area contributed by atoms with Gasteiger partial charge in [-0.15, -0.1) is 0 Å². The largest absolute Gasteiger partial charge is 0.338 e. The summed E-state index contributed by atoms with van der Waals surface area (Å²) in [5, 5.41) is 8.72. The number of urea groups is 1. The lowest BCUT2D eigenvalue weighted by atomic mass is 10.1. The monoisotopic (exact) mass is 398 g/mol. The Labute approximate surface area is 169 Å². The van der Waals surface area contributed by atoms with E-state index < -0.39 is 0 Å². The van der Waals surface area contributed by atoms with Crippen molar-refractivity contribution in [2.75, 3.05) is 13.1 Å². The van der Waals surface area contributed by atoms with Crippen molar-refractivity contribution in [1.82, 2.24) is 20.7 Å². The minimum atomic E-state index is -0.0357. The number of rotatable bonds is 16. The van der Waals surface area contributed by atoms with Crippen LogP contribution in [0.3, 0.4) is 0 Å². The minimum Gasteiger partial charge on any atom is -0.338 e. The highest BCUT2D eigenvalue weighted by atomic mass is 32.2. The zero-order valence-corrected chi connectivity index (χ0v) is 17.7. The maximum atomic E-state index is 11.5. The molecule has 0 radical (unpaired) electrons. The number of nitrogens with one attached hydrogen (secondary N) is 4. The molecule has 0 aliphatic carbocycles. The summed E-state index contributed by atoms with van der Waals surface area (Å²) in [7, 11) is 0. The highest BCUT2D eigenvalue weighted by molar-refractivity contribution is 8.12. The summed E-state index contributed by atoms with van der Waals surface area (Å²) in [6, 6.07) is -0.0357. The van der Waals surface area contributed by atoms with Crippen molar-refractivity contribution in [2.45, 2.75) is 90.1 Å². The van der Waals surface area contributed by atoms with Gasteiger partial charge in [-0.05, 0) is 44.9 Å². The Morgan fingerprint density at radius 2 is 1.59 bits per heavy atom. The molecular weight excluding hydrogens is 360 g/mol. The van der Waals surface area contributed by atoms with Gasteiger partial charge in [0.05, 0.1) is 6.17 Å². The average Bonchev–Trinajstić information content (AvgIpc) is 3.08. The van der Waals surface area contributed by atoms with Crippen LogP contribution >= 0.6 is 11.9 Å². The van der Waals surface area contributed by atoms with Gasteiger partial charge < -0.3 is 16.0 Å². The second-order valence-corrected chi connectivity index (χ2v) is 7.86. The van der Waals surface area contributed by atoms with Crippen LogP contribution < -0.4 is 20.7 Å². The van der Waals surface area contributed by atoms with E-state index in [1.807, 2.05) is 0 Å². The molecule has 1 heterocycles. The van der Waals surface area contributed by atoms with Crippen molar-refractivity contribution in [1.29, 1.82) is 0 Å². The number of amides is 3. The van der Waals surface area contributed by atoms with E-state index in [0.717, 1.165) is 70.0 Å². The van der Waals surface area contributed by atoms with E-state index in [0.29, 0.717) is 0 Å². The fourth-order valence-corrected chi connectivity index (χ4v) is 3.51. The summed E-state index contributed by atoms with van der Waals surface area (Å²) >= 11 is 1.16. The van der Waals surface area contributed by atoms with Gasteiger partial charge in [0.15, 0.2) is 0 Å². The predicted molar refractivity (Wildman–Crippen MR) is 115 cm³/mol. The fraction of sp³-hybridized carbons (Fsp3) is 0.800. The number of unbranched alkanes of at least 4 members (excludes halogenated alkanes) is 8. The number of allylic oxidation sites excluding steroid dienone is 2. The summed E-state index contributed by atoms with van der Waals surface area (Å²) in [4.78, 5) is 22.5. The average molecular weight is 399 g/mol. The molecule has 4 N–H and O–H groups in total. The van der Waals surface area contributed by atoms with E-state index in [1.54, 1.807) is 0 Å². The molecule has 7 heteroatoms. The van der Waals surface area contributed by atoms with E-state index in [-0.39, 0.29) is 17.4 Å². The second-order valence-electron chi connectivity index (χ2n) is 7.05. The first-order valence-electron chi connectivity index (χ1n) is 10.6. The summed E-state index contributed by atoms with van der Waals surface area (Å²) in [6.45, 7) is 3.68. The second kappa shape index (κ2) is 16.9. The van der Waals surface area contributed by atoms with Gasteiger partial charge in [-0.1, -0.05) is 51.2 Å². The Morgan fingerprint density at radius 3 is 2.22 bits per heavy atom. The first-order valence-corrected chi connectivity index (χ1v) is 11.4. The van der Waals surface area contributed by atoms with Gasteiger partial charge in [-0.25, -0.2) is 9.52 Å². The standard InChI is InChI=1S/C20H38N4O2S/c1-2-3-13-16-21-19(25)22-17-14-11-9-7-5-4-6-8-10-12-15-18-23-20(26)27-24-18/h5,7,18,24H,2-4,6,8-17H2,1H3,(H,23,26)(H2,21,22,25)/b7-5-. The highest BCUT2D eigenvalue weighted by Gasteiger charge is 2.19. The molecule has 0 aromatic carbocycles. The third-order valence-corrected chi connectivity index (χ3v) is 5.22. The Bertz CT molecular complexity index is 432. The Kier molecular flexibility index (Phi) is 14.9. The van der Waals surface area contributed by atoms with Gasteiger partial charge in [0, 0.05) is 25.0 Å². The molecule has 1 aliphatic heterocycles. The van der Waals surface area contributed by atoms with Crippen molar-refractivity contribution in [3.8, 4) is 0 Å². The van der Waals surface area contributed by atoms with Crippen LogP contribution in [0.15, 0.2) is 12.2 Å². The van der Waals surface area contributed by atoms with Crippen molar-refractivity contribution in [3.05, 3.63) is 12.2 Å². The van der Waals surface area contributed by atoms with Crippen LogP contribution in [0.5, 0.6) is 0 Å². The summed E-state index contributed by atoms with van der Waals surface area (Å²) in [6.07, 6.45) is 18.3. The highest BCUT2D eigenvalue weighted by Crippen LogP contribution is 2.13. The van der Waals surface area contributed by atoms with Crippen molar-refractivity contribution >= 4 is 23.2 Å². The lowest BCUT2D eigenvalue weighted by Gasteiger charge is -2.08. The lowest BCUT2D eigenvalue weighted by Crippen LogP contribution is -2.36. The predicted octanol–water partition coefficient (Wildman–Crippen LogP) is 4.83. The maximum Gasteiger partial charge on any atom is 0.314 e. The van der Waals surface area contributed by atoms with Crippen LogP contribution in [0, 0.1) is 0 Å². The lowest BCUT2D eigenvalue weighted by molar-refractivity contribution is 0.240. The third-order valence-electron chi connectivity index (χ3n) is 4.52. The Hall–Kier alpha value is -1.21. The quantitative estimate of drug-likeness (QED) is 0.170. The van der Waals surface area contributed by atoms with Crippen molar-refractivity contribution < 1.29 is 9.59 Å². The zero-order chi connectivity index (χ0) is 19.6. The molecule has 0 aromatic rings. The first-order chi connectivity index (χ1) is 13.2. The zero-order valence-electron chi connectivity index (χ0n) is 16.9. The van der Waals surface area contributed by atoms with Crippen molar-refractivity contribution in [2.24, 2.45) is 0 Å². The van der Waals surface area contributed by atoms with E-state index >= 15 is 0 Å². The molecule has 0 aromatic heterocycles. The molecule has 6 nitrogen and oxygen atoms in total. The summed E-state index contributed by atoms with van der Waals surface area (Å²) in [5.74, 6) is 0. The normalized spacial score (nSPS) is 16.6. The van der Waals surface area contributed by atoms with Gasteiger partial charge in [-0.2, -0.15) is 0 Å². The number of carbonyl (C=O) groups is 2. The SMILES string of the molecule is CCCCCNC(=O)NCCCC/C=C\CCCCCCC1NSC(=O)N1. The van der Waals surface area contributed by atoms with Crippen LogP contribution in [-0.2, 0) is 0 Å². The molecule has 1 saturated heterocycles. The Morgan fingerprint density at radius 1 is 0.963 bits per heavy atom. The van der Waals surface area contributed by atoms with E-state index in [4.69, 9.17) is 0 Å². The number of hydrogen-bond donors (Lipinski definition) is 4. The minimum absolute atomic E-state index is 0.0339. The topological polar surface area (TPSA) is 82.3 Å². The first kappa shape index (κ1) is 23.8. The fourth-order valence-electron chi connectivity index (χ4n) is 2.89. The van der Waals surface area contributed by atoms with Gasteiger partial charge in [0.1, 0.15) is 0 Å². The third kappa shape index (κ3) is 14.5. The molecule has 1 fully saturated rings. The summed E-state index contributed by atoms with van der Waals surface area (Å²) < 4.78 is 3.08. The van der Waals surface area contributed by atoms with Crippen LogP contribution in [0.1, 0.15) is 84.0 Å². The molecule has 1 atom stereocenters. The van der Waals surface area contributed by atoms with Crippen molar-refractivity contribution in [3.63, 3.8) is 0 Å².